The van der Waals surface area contributed by atoms with E-state index in [4.69, 9.17) is 0 Å². The zero-order chi connectivity index (χ0) is 14.4. The van der Waals surface area contributed by atoms with Gasteiger partial charge < -0.3 is 15.1 Å². The molecule has 0 aromatic rings. The summed E-state index contributed by atoms with van der Waals surface area (Å²) >= 11 is 0. The van der Waals surface area contributed by atoms with Gasteiger partial charge >= 0.3 is 0 Å². The summed E-state index contributed by atoms with van der Waals surface area (Å²) in [6.45, 7) is 8.94. The molecule has 20 heavy (non-hydrogen) atoms. The van der Waals surface area contributed by atoms with E-state index in [1.54, 1.807) is 6.92 Å². The molecule has 0 radical (unpaired) electrons. The van der Waals surface area contributed by atoms with E-state index in [1.807, 2.05) is 9.80 Å². The third-order valence-corrected chi connectivity index (χ3v) is 4.09. The predicted molar refractivity (Wildman–Crippen MR) is 77.4 cm³/mol. The summed E-state index contributed by atoms with van der Waals surface area (Å²) in [6, 6.07) is 0. The molecule has 2 heterocycles. The molecular weight excluding hydrogens is 256 g/mol. The zero-order valence-corrected chi connectivity index (χ0v) is 12.4. The Bertz CT molecular complexity index is 340. The average molecular weight is 282 g/mol. The molecule has 2 amide bonds. The third-order valence-electron chi connectivity index (χ3n) is 4.09. The second kappa shape index (κ2) is 7.59. The van der Waals surface area contributed by atoms with Crippen molar-refractivity contribution in [2.75, 3.05) is 58.9 Å². The van der Waals surface area contributed by atoms with Crippen LogP contribution in [-0.2, 0) is 9.59 Å². The molecule has 2 aliphatic heterocycles. The Morgan fingerprint density at radius 1 is 0.900 bits per heavy atom. The fraction of sp³-hybridized carbons (Fsp3) is 0.857. The third kappa shape index (κ3) is 4.45. The first-order valence-electron chi connectivity index (χ1n) is 7.63. The van der Waals surface area contributed by atoms with E-state index in [0.717, 1.165) is 52.1 Å². The van der Waals surface area contributed by atoms with E-state index in [1.165, 1.54) is 0 Å². The molecule has 0 saturated carbocycles. The lowest BCUT2D eigenvalue weighted by atomic mass is 10.3. The SMILES string of the molecule is CC(=O)N1CCCN(C(=O)CN2CCCNCC2)CC1. The number of rotatable bonds is 2. The van der Waals surface area contributed by atoms with Crippen LogP contribution in [0.3, 0.4) is 0 Å². The Balaban J connectivity index is 1.81. The second-order valence-electron chi connectivity index (χ2n) is 5.62. The largest absolute Gasteiger partial charge is 0.341 e. The van der Waals surface area contributed by atoms with Gasteiger partial charge in [-0.3, -0.25) is 14.5 Å². The number of amides is 2. The molecule has 6 heteroatoms. The van der Waals surface area contributed by atoms with E-state index in [-0.39, 0.29) is 11.8 Å². The first kappa shape index (κ1) is 15.3. The highest BCUT2D eigenvalue weighted by Crippen LogP contribution is 2.05. The Hall–Kier alpha value is -1.14. The first-order valence-corrected chi connectivity index (χ1v) is 7.63. The van der Waals surface area contributed by atoms with Gasteiger partial charge in [-0.2, -0.15) is 0 Å². The highest BCUT2D eigenvalue weighted by molar-refractivity contribution is 5.78. The maximum absolute atomic E-state index is 12.4. The normalized spacial score (nSPS) is 22.2. The van der Waals surface area contributed by atoms with Gasteiger partial charge in [0, 0.05) is 46.2 Å². The van der Waals surface area contributed by atoms with Crippen molar-refractivity contribution in [1.29, 1.82) is 0 Å². The standard InChI is InChI=1S/C14H26N4O2/c1-13(19)17-7-3-8-18(11-10-17)14(20)12-16-6-2-4-15-5-9-16/h15H,2-12H2,1H3. The molecule has 0 bridgehead atoms. The minimum atomic E-state index is 0.109. The van der Waals surface area contributed by atoms with Crippen molar-refractivity contribution in [1.82, 2.24) is 20.0 Å². The van der Waals surface area contributed by atoms with Gasteiger partial charge in [-0.25, -0.2) is 0 Å². The van der Waals surface area contributed by atoms with Crippen LogP contribution in [0.1, 0.15) is 19.8 Å². The van der Waals surface area contributed by atoms with Gasteiger partial charge in [0.05, 0.1) is 6.54 Å². The van der Waals surface area contributed by atoms with E-state index in [0.29, 0.717) is 19.6 Å². The van der Waals surface area contributed by atoms with E-state index in [2.05, 4.69) is 10.2 Å². The summed E-state index contributed by atoms with van der Waals surface area (Å²) in [4.78, 5) is 29.7. The highest BCUT2D eigenvalue weighted by Gasteiger charge is 2.22. The van der Waals surface area contributed by atoms with Crippen molar-refractivity contribution in [2.24, 2.45) is 0 Å². The minimum Gasteiger partial charge on any atom is -0.341 e. The molecule has 2 aliphatic rings. The van der Waals surface area contributed by atoms with Crippen LogP contribution < -0.4 is 5.32 Å². The number of nitrogens with zero attached hydrogens (tertiary/aromatic N) is 3. The van der Waals surface area contributed by atoms with Gasteiger partial charge in [-0.05, 0) is 25.9 Å². The van der Waals surface area contributed by atoms with Crippen LogP contribution in [-0.4, -0.2) is 85.4 Å². The monoisotopic (exact) mass is 282 g/mol. The summed E-state index contributed by atoms with van der Waals surface area (Å²) in [7, 11) is 0. The fourth-order valence-electron chi connectivity index (χ4n) is 2.83. The fourth-order valence-corrected chi connectivity index (χ4v) is 2.83. The Morgan fingerprint density at radius 2 is 1.65 bits per heavy atom. The second-order valence-corrected chi connectivity index (χ2v) is 5.62. The van der Waals surface area contributed by atoms with Crippen molar-refractivity contribution in [3.8, 4) is 0 Å². The van der Waals surface area contributed by atoms with Gasteiger partial charge in [0.15, 0.2) is 0 Å². The lowest BCUT2D eigenvalue weighted by Crippen LogP contribution is -2.43. The molecule has 2 saturated heterocycles. The average Bonchev–Trinajstić information content (AvgIpc) is 2.80. The van der Waals surface area contributed by atoms with Crippen LogP contribution in [0.15, 0.2) is 0 Å². The number of hydrogen-bond donors (Lipinski definition) is 1. The van der Waals surface area contributed by atoms with E-state index in [9.17, 15) is 9.59 Å². The quantitative estimate of drug-likeness (QED) is 0.732. The smallest absolute Gasteiger partial charge is 0.236 e. The van der Waals surface area contributed by atoms with Crippen molar-refractivity contribution in [3.63, 3.8) is 0 Å². The van der Waals surface area contributed by atoms with E-state index >= 15 is 0 Å². The molecule has 6 nitrogen and oxygen atoms in total. The van der Waals surface area contributed by atoms with Crippen LogP contribution in [0.25, 0.3) is 0 Å². The van der Waals surface area contributed by atoms with Crippen LogP contribution in [0, 0.1) is 0 Å². The topological polar surface area (TPSA) is 55.9 Å². The molecule has 0 spiro atoms. The van der Waals surface area contributed by atoms with Gasteiger partial charge in [0.25, 0.3) is 0 Å². The minimum absolute atomic E-state index is 0.109. The first-order chi connectivity index (χ1) is 9.66. The number of carbonyl (C=O) groups excluding carboxylic acids is 2. The Labute approximate surface area is 121 Å². The lowest BCUT2D eigenvalue weighted by molar-refractivity contribution is -0.133. The maximum atomic E-state index is 12.4. The summed E-state index contributed by atoms with van der Waals surface area (Å²) in [6.07, 6.45) is 1.98. The number of hydrogen-bond acceptors (Lipinski definition) is 4. The van der Waals surface area contributed by atoms with Crippen LogP contribution >= 0.6 is 0 Å². The lowest BCUT2D eigenvalue weighted by Gasteiger charge is -2.25. The van der Waals surface area contributed by atoms with Crippen molar-refractivity contribution in [2.45, 2.75) is 19.8 Å². The molecule has 0 aromatic heterocycles. The number of nitrogens with one attached hydrogen (secondary N) is 1. The summed E-state index contributed by atoms with van der Waals surface area (Å²) in [5.41, 5.74) is 0. The molecule has 114 valence electrons. The Kier molecular flexibility index (Phi) is 5.79. The molecular formula is C14H26N4O2. The molecule has 2 rings (SSSR count). The summed E-state index contributed by atoms with van der Waals surface area (Å²) in [5, 5.41) is 3.35. The molecule has 1 N–H and O–H groups in total. The summed E-state index contributed by atoms with van der Waals surface area (Å²) in [5.74, 6) is 0.315. The van der Waals surface area contributed by atoms with Crippen LogP contribution in [0.5, 0.6) is 0 Å². The predicted octanol–water partition coefficient (Wildman–Crippen LogP) is -0.637. The molecule has 0 aliphatic carbocycles. The highest BCUT2D eigenvalue weighted by atomic mass is 16.2. The van der Waals surface area contributed by atoms with Crippen molar-refractivity contribution >= 4 is 11.8 Å². The number of carbonyl (C=O) groups is 2. The van der Waals surface area contributed by atoms with Gasteiger partial charge in [-0.1, -0.05) is 0 Å². The van der Waals surface area contributed by atoms with Crippen LogP contribution in [0.2, 0.25) is 0 Å². The summed E-state index contributed by atoms with van der Waals surface area (Å²) < 4.78 is 0. The molecule has 0 unspecified atom stereocenters. The van der Waals surface area contributed by atoms with Crippen LogP contribution in [0.4, 0.5) is 0 Å². The van der Waals surface area contributed by atoms with Crippen molar-refractivity contribution in [3.05, 3.63) is 0 Å². The van der Waals surface area contributed by atoms with Gasteiger partial charge in [-0.15, -0.1) is 0 Å². The molecule has 2 fully saturated rings. The van der Waals surface area contributed by atoms with Gasteiger partial charge in [0.2, 0.25) is 11.8 Å². The molecule has 0 aromatic carbocycles. The van der Waals surface area contributed by atoms with Crippen molar-refractivity contribution < 1.29 is 9.59 Å². The molecule has 0 atom stereocenters. The Morgan fingerprint density at radius 3 is 2.45 bits per heavy atom. The van der Waals surface area contributed by atoms with Gasteiger partial charge in [0.1, 0.15) is 0 Å². The zero-order valence-electron chi connectivity index (χ0n) is 12.4. The van der Waals surface area contributed by atoms with E-state index < -0.39 is 0 Å². The maximum Gasteiger partial charge on any atom is 0.236 e.